The van der Waals surface area contributed by atoms with Gasteiger partial charge in [-0.2, -0.15) is 0 Å². The number of nitrogens with zero attached hydrogens (tertiary/aromatic N) is 2. The van der Waals surface area contributed by atoms with Gasteiger partial charge in [0.2, 0.25) is 11.8 Å². The zero-order valence-corrected chi connectivity index (χ0v) is 23.5. The Morgan fingerprint density at radius 1 is 1.17 bits per heavy atom. The highest BCUT2D eigenvalue weighted by molar-refractivity contribution is 6.43. The number of non-ortho nitro benzene ring substituents is 1. The Morgan fingerprint density at radius 2 is 1.93 bits per heavy atom. The van der Waals surface area contributed by atoms with E-state index in [0.717, 1.165) is 33.6 Å². The van der Waals surface area contributed by atoms with Crippen molar-refractivity contribution in [2.75, 3.05) is 4.90 Å². The van der Waals surface area contributed by atoms with Gasteiger partial charge >= 0.3 is 7.12 Å². The topological polar surface area (TPSA) is 130 Å². The summed E-state index contributed by atoms with van der Waals surface area (Å²) in [5, 5.41) is 32.4. The van der Waals surface area contributed by atoms with Crippen LogP contribution in [0, 0.1) is 33.8 Å². The van der Waals surface area contributed by atoms with E-state index in [1.807, 2.05) is 18.2 Å². The van der Waals surface area contributed by atoms with Gasteiger partial charge in [0.25, 0.3) is 5.69 Å². The molecule has 1 aliphatic carbocycles. The second-order valence-corrected chi connectivity index (χ2v) is 11.4. The fraction of sp³-hybridized carbons (Fsp3) is 0.419. The minimum atomic E-state index is -1.08. The number of nitro groups is 1. The van der Waals surface area contributed by atoms with Crippen molar-refractivity contribution < 1.29 is 29.3 Å². The lowest BCUT2D eigenvalue weighted by molar-refractivity contribution is -0.384. The standard InChI is InChI=1S/C31H35BN2O7/c1-4-19(14-20-8-5-6-11-26(20)35)12-13-27-28-23(18(2)3)16-24-29(25(28)17-32(38)41-27)31(37)33(30(24)36)21-9-7-10-22(15-21)34(39)40/h5-11,14-15,18,24-25,27,29,35,38H,4,12-13,16-17H2,1-3H3/b19-14+/t24-,25+,27-,29-/m1/s1. The number of phenols is 1. The second-order valence-electron chi connectivity index (χ2n) is 11.4. The normalized spacial score (nSPS) is 24.7. The summed E-state index contributed by atoms with van der Waals surface area (Å²) in [5.41, 5.74) is 3.96. The van der Waals surface area contributed by atoms with Crippen LogP contribution < -0.4 is 4.90 Å². The molecule has 0 aromatic heterocycles. The molecule has 0 unspecified atom stereocenters. The van der Waals surface area contributed by atoms with Crippen LogP contribution in [0.1, 0.15) is 52.0 Å². The van der Waals surface area contributed by atoms with Crippen LogP contribution >= 0.6 is 0 Å². The highest BCUT2D eigenvalue weighted by atomic mass is 16.6. The molecule has 0 spiro atoms. The zero-order chi connectivity index (χ0) is 29.4. The number of hydrogen-bond acceptors (Lipinski definition) is 7. The van der Waals surface area contributed by atoms with Crippen molar-refractivity contribution in [1.29, 1.82) is 0 Å². The van der Waals surface area contributed by atoms with Gasteiger partial charge in [-0.3, -0.25) is 19.7 Å². The van der Waals surface area contributed by atoms with Crippen LogP contribution in [0.15, 0.2) is 65.3 Å². The summed E-state index contributed by atoms with van der Waals surface area (Å²) in [6.45, 7) is 6.19. The van der Waals surface area contributed by atoms with E-state index >= 15 is 0 Å². The van der Waals surface area contributed by atoms with E-state index in [9.17, 15) is 29.8 Å². The highest BCUT2D eigenvalue weighted by Crippen LogP contribution is 2.52. The van der Waals surface area contributed by atoms with Gasteiger partial charge in [0.15, 0.2) is 0 Å². The maximum absolute atomic E-state index is 13.9. The number of carbonyl (C=O) groups is 2. The molecule has 9 nitrogen and oxygen atoms in total. The molecule has 4 atom stereocenters. The fourth-order valence-electron chi connectivity index (χ4n) is 6.75. The van der Waals surface area contributed by atoms with Crippen LogP contribution in [0.25, 0.3) is 6.08 Å². The molecule has 5 rings (SSSR count). The minimum Gasteiger partial charge on any atom is -0.507 e. The lowest BCUT2D eigenvalue weighted by atomic mass is 9.57. The van der Waals surface area contributed by atoms with Crippen LogP contribution in [0.4, 0.5) is 11.4 Å². The highest BCUT2D eigenvalue weighted by Gasteiger charge is 2.57. The number of amides is 2. The van der Waals surface area contributed by atoms with Crippen molar-refractivity contribution in [2.24, 2.45) is 23.7 Å². The van der Waals surface area contributed by atoms with Crippen LogP contribution in [-0.2, 0) is 14.2 Å². The molecule has 0 saturated carbocycles. The molecule has 2 aromatic rings. The lowest BCUT2D eigenvalue weighted by Crippen LogP contribution is -2.46. The summed E-state index contributed by atoms with van der Waals surface area (Å²) >= 11 is 0. The third kappa shape index (κ3) is 5.46. The number of allylic oxidation sites excluding steroid dienone is 2. The molecule has 2 amide bonds. The van der Waals surface area contributed by atoms with Gasteiger partial charge in [0, 0.05) is 17.7 Å². The second kappa shape index (κ2) is 11.6. The van der Waals surface area contributed by atoms with Gasteiger partial charge < -0.3 is 14.8 Å². The van der Waals surface area contributed by atoms with Crippen molar-refractivity contribution in [3.8, 4) is 5.75 Å². The number of anilines is 1. The molecule has 2 N–H and O–H groups in total. The number of carbonyl (C=O) groups excluding carboxylic acids is 2. The Hall–Kier alpha value is -3.76. The quantitative estimate of drug-likeness (QED) is 0.143. The number of phenolic OH excluding ortho intramolecular Hbond substituents is 1. The van der Waals surface area contributed by atoms with E-state index in [4.69, 9.17) is 4.65 Å². The molecule has 2 aromatic carbocycles. The summed E-state index contributed by atoms with van der Waals surface area (Å²) in [6.07, 6.45) is 4.21. The van der Waals surface area contributed by atoms with Crippen molar-refractivity contribution in [1.82, 2.24) is 0 Å². The number of benzene rings is 2. The van der Waals surface area contributed by atoms with E-state index in [1.165, 1.54) is 18.2 Å². The van der Waals surface area contributed by atoms with Gasteiger partial charge in [-0.25, -0.2) is 4.90 Å². The molecule has 2 saturated heterocycles. The first-order chi connectivity index (χ1) is 19.6. The Morgan fingerprint density at radius 3 is 2.61 bits per heavy atom. The number of imide groups is 1. The fourth-order valence-corrected chi connectivity index (χ4v) is 6.75. The summed E-state index contributed by atoms with van der Waals surface area (Å²) in [4.78, 5) is 39.5. The predicted octanol–water partition coefficient (Wildman–Crippen LogP) is 5.53. The zero-order valence-electron chi connectivity index (χ0n) is 23.5. The first-order valence-electron chi connectivity index (χ1n) is 14.3. The maximum Gasteiger partial charge on any atom is 0.455 e. The average Bonchev–Trinajstić information content (AvgIpc) is 3.20. The molecule has 3 aliphatic rings. The summed E-state index contributed by atoms with van der Waals surface area (Å²) < 4.78 is 6.11. The van der Waals surface area contributed by atoms with Crippen LogP contribution in [0.3, 0.4) is 0 Å². The van der Waals surface area contributed by atoms with Crippen molar-refractivity contribution >= 4 is 36.4 Å². The molecule has 0 radical (unpaired) electrons. The molecular weight excluding hydrogens is 523 g/mol. The van der Waals surface area contributed by atoms with E-state index in [0.29, 0.717) is 19.3 Å². The molecule has 0 bridgehead atoms. The van der Waals surface area contributed by atoms with E-state index in [-0.39, 0.29) is 47.1 Å². The molecule has 2 heterocycles. The molecule has 2 fully saturated rings. The number of fused-ring (bicyclic) bond motifs is 3. The number of aromatic hydroxyl groups is 1. The number of rotatable bonds is 8. The first-order valence-corrected chi connectivity index (χ1v) is 14.3. The third-order valence-corrected chi connectivity index (χ3v) is 8.72. The van der Waals surface area contributed by atoms with Gasteiger partial charge in [-0.05, 0) is 61.5 Å². The van der Waals surface area contributed by atoms with Crippen molar-refractivity contribution in [3.05, 3.63) is 80.9 Å². The first kappa shape index (κ1) is 28.8. The molecular formula is C31H35BN2O7. The minimum absolute atomic E-state index is 0.104. The summed E-state index contributed by atoms with van der Waals surface area (Å²) in [7, 11) is -1.08. The Kier molecular flexibility index (Phi) is 8.15. The lowest BCUT2D eigenvalue weighted by Gasteiger charge is -2.44. The number of nitro benzene ring substituents is 1. The molecule has 41 heavy (non-hydrogen) atoms. The predicted molar refractivity (Wildman–Crippen MR) is 156 cm³/mol. The van der Waals surface area contributed by atoms with E-state index in [1.54, 1.807) is 18.2 Å². The Balaban J connectivity index is 1.46. The van der Waals surface area contributed by atoms with Crippen molar-refractivity contribution in [2.45, 2.75) is 58.9 Å². The van der Waals surface area contributed by atoms with Gasteiger partial charge in [-0.1, -0.05) is 62.3 Å². The summed E-state index contributed by atoms with van der Waals surface area (Å²) in [5.74, 6) is -2.04. The Bertz CT molecular complexity index is 1440. The summed E-state index contributed by atoms with van der Waals surface area (Å²) in [6, 6.07) is 12.8. The van der Waals surface area contributed by atoms with E-state index in [2.05, 4.69) is 20.8 Å². The molecule has 214 valence electrons. The van der Waals surface area contributed by atoms with Crippen LogP contribution in [-0.4, -0.2) is 40.1 Å². The smallest absolute Gasteiger partial charge is 0.455 e. The SMILES string of the molecule is CC/C(=C\c1ccccc1O)CC[C@H]1OB(O)C[C@H]2C1=C(C(C)C)C[C@H]1C(=O)N(c3cccc([N+](=O)[O-])c3)C(=O)[C@H]12. The van der Waals surface area contributed by atoms with Crippen LogP contribution in [0.2, 0.25) is 6.32 Å². The Labute approximate surface area is 239 Å². The van der Waals surface area contributed by atoms with E-state index < -0.39 is 30.0 Å². The number of hydrogen-bond donors (Lipinski definition) is 2. The average molecular weight is 558 g/mol. The van der Waals surface area contributed by atoms with Crippen LogP contribution in [0.5, 0.6) is 5.75 Å². The van der Waals surface area contributed by atoms with Gasteiger partial charge in [0.1, 0.15) is 5.75 Å². The van der Waals surface area contributed by atoms with Gasteiger partial charge in [-0.15, -0.1) is 0 Å². The maximum atomic E-state index is 13.9. The van der Waals surface area contributed by atoms with Crippen molar-refractivity contribution in [3.63, 3.8) is 0 Å². The largest absolute Gasteiger partial charge is 0.507 e. The molecule has 2 aliphatic heterocycles. The van der Waals surface area contributed by atoms with Gasteiger partial charge in [0.05, 0.1) is 28.6 Å². The third-order valence-electron chi connectivity index (χ3n) is 8.72. The molecule has 10 heteroatoms. The number of para-hydroxylation sites is 1. The monoisotopic (exact) mass is 558 g/mol.